The summed E-state index contributed by atoms with van der Waals surface area (Å²) in [5, 5.41) is 5.31. The summed E-state index contributed by atoms with van der Waals surface area (Å²) in [6, 6.07) is 9.05. The fourth-order valence-electron chi connectivity index (χ4n) is 4.84. The number of ether oxygens (including phenoxy) is 2. The zero-order valence-electron chi connectivity index (χ0n) is 21.7. The molecule has 0 saturated carbocycles. The third-order valence-corrected chi connectivity index (χ3v) is 7.06. The number of nitrogens with zero attached hydrogens (tertiary/aromatic N) is 2. The van der Waals surface area contributed by atoms with E-state index in [2.05, 4.69) is 15.6 Å². The molecule has 1 saturated heterocycles. The van der Waals surface area contributed by atoms with Crippen molar-refractivity contribution < 1.29 is 36.6 Å². The van der Waals surface area contributed by atoms with Gasteiger partial charge < -0.3 is 20.1 Å². The Morgan fingerprint density at radius 2 is 1.88 bits per heavy atom. The molecule has 0 bridgehead atoms. The van der Waals surface area contributed by atoms with Gasteiger partial charge in [-0.25, -0.2) is 9.18 Å². The van der Waals surface area contributed by atoms with Crippen LogP contribution in [0.4, 0.5) is 39.4 Å². The summed E-state index contributed by atoms with van der Waals surface area (Å²) in [7, 11) is 1.27. The number of amides is 3. The monoisotopic (exact) mass is 558 g/mol. The number of anilines is 3. The highest BCUT2D eigenvalue weighted by Crippen LogP contribution is 2.41. The van der Waals surface area contributed by atoms with Gasteiger partial charge in [0.05, 0.1) is 31.0 Å². The van der Waals surface area contributed by atoms with Crippen molar-refractivity contribution in [2.24, 2.45) is 0 Å². The Labute approximate surface area is 227 Å². The number of urea groups is 1. The number of aryl methyl sites for hydroxylation is 1. The fourth-order valence-corrected chi connectivity index (χ4v) is 4.84. The number of nitrogens with one attached hydrogen (secondary N) is 2. The van der Waals surface area contributed by atoms with Crippen LogP contribution in [-0.4, -0.2) is 42.8 Å². The van der Waals surface area contributed by atoms with Crippen molar-refractivity contribution >= 4 is 29.0 Å². The maximum atomic E-state index is 14.9. The Morgan fingerprint density at radius 3 is 2.60 bits per heavy atom. The minimum absolute atomic E-state index is 0.0699. The number of aromatic nitrogens is 1. The lowest BCUT2D eigenvalue weighted by Gasteiger charge is -2.35. The topological polar surface area (TPSA) is 92.8 Å². The van der Waals surface area contributed by atoms with E-state index < -0.39 is 29.3 Å². The fraction of sp³-hybridized carbons (Fsp3) is 0.321. The van der Waals surface area contributed by atoms with Gasteiger partial charge in [0.25, 0.3) is 0 Å². The second-order valence-electron chi connectivity index (χ2n) is 9.87. The molecule has 3 heterocycles. The van der Waals surface area contributed by atoms with Crippen molar-refractivity contribution in [3.05, 3.63) is 65.7 Å². The van der Waals surface area contributed by atoms with E-state index in [1.165, 1.54) is 25.2 Å². The zero-order chi connectivity index (χ0) is 28.7. The standard InChI is InChI=1S/C28H26F4N4O4/c1-16-11-20(29)22(35-26(38)36(2)18-5-8-33-24(13-18)28(30,31)32)14-19(16)17-3-4-21-23(12-17)40-27(15-25(37)34-21)6-9-39-10-7-27/h3-5,8,11-14H,6-7,9-10,15H2,1-2H3,(H,34,37)(H,35,38). The molecule has 1 fully saturated rings. The maximum Gasteiger partial charge on any atom is 0.433 e. The van der Waals surface area contributed by atoms with Gasteiger partial charge in [0.2, 0.25) is 5.91 Å². The van der Waals surface area contributed by atoms with E-state index in [1.807, 2.05) is 0 Å². The van der Waals surface area contributed by atoms with Gasteiger partial charge in [0, 0.05) is 31.8 Å². The molecule has 2 N–H and O–H groups in total. The van der Waals surface area contributed by atoms with Crippen LogP contribution in [0, 0.1) is 12.7 Å². The quantitative estimate of drug-likeness (QED) is 0.376. The third kappa shape index (κ3) is 5.57. The van der Waals surface area contributed by atoms with Crippen molar-refractivity contribution in [3.63, 3.8) is 0 Å². The summed E-state index contributed by atoms with van der Waals surface area (Å²) in [6.45, 7) is 2.67. The molecule has 2 aliphatic rings. The number of benzene rings is 2. The van der Waals surface area contributed by atoms with Crippen LogP contribution in [0.1, 0.15) is 30.5 Å². The number of fused-ring (bicyclic) bond motifs is 1. The van der Waals surface area contributed by atoms with Crippen LogP contribution in [0.5, 0.6) is 5.75 Å². The van der Waals surface area contributed by atoms with Crippen molar-refractivity contribution in [1.29, 1.82) is 0 Å². The summed E-state index contributed by atoms with van der Waals surface area (Å²) in [5.41, 5.74) is 0.263. The smallest absolute Gasteiger partial charge is 0.433 e. The molecule has 0 radical (unpaired) electrons. The van der Waals surface area contributed by atoms with Crippen molar-refractivity contribution in [1.82, 2.24) is 4.98 Å². The Morgan fingerprint density at radius 1 is 1.12 bits per heavy atom. The number of rotatable bonds is 3. The number of alkyl halides is 3. The molecule has 40 heavy (non-hydrogen) atoms. The van der Waals surface area contributed by atoms with Crippen LogP contribution in [0.25, 0.3) is 11.1 Å². The lowest BCUT2D eigenvalue weighted by atomic mass is 9.90. The van der Waals surface area contributed by atoms with Gasteiger partial charge in [-0.1, -0.05) is 6.07 Å². The predicted octanol–water partition coefficient (Wildman–Crippen LogP) is 6.15. The molecule has 0 aliphatic carbocycles. The summed E-state index contributed by atoms with van der Waals surface area (Å²) in [6.07, 6.45) is -2.42. The predicted molar refractivity (Wildman–Crippen MR) is 140 cm³/mol. The van der Waals surface area contributed by atoms with E-state index in [9.17, 15) is 27.2 Å². The molecule has 0 atom stereocenters. The number of halogens is 4. The molecular weight excluding hydrogens is 532 g/mol. The average molecular weight is 559 g/mol. The molecule has 3 aromatic rings. The molecule has 0 unspecified atom stereocenters. The molecule has 3 amide bonds. The summed E-state index contributed by atoms with van der Waals surface area (Å²) in [4.78, 5) is 29.7. The van der Waals surface area contributed by atoms with E-state index in [0.29, 0.717) is 54.2 Å². The van der Waals surface area contributed by atoms with E-state index in [4.69, 9.17) is 9.47 Å². The summed E-state index contributed by atoms with van der Waals surface area (Å²) in [5.74, 6) is -0.400. The van der Waals surface area contributed by atoms with E-state index in [1.54, 1.807) is 25.1 Å². The Kier molecular flexibility index (Phi) is 7.13. The number of carbonyl (C=O) groups excluding carboxylic acids is 2. The number of carbonyl (C=O) groups is 2. The van der Waals surface area contributed by atoms with Gasteiger partial charge in [0.1, 0.15) is 22.9 Å². The van der Waals surface area contributed by atoms with Crippen molar-refractivity contribution in [3.8, 4) is 16.9 Å². The van der Waals surface area contributed by atoms with Crippen LogP contribution in [0.15, 0.2) is 48.7 Å². The minimum atomic E-state index is -4.68. The van der Waals surface area contributed by atoms with Crippen LogP contribution in [0.3, 0.4) is 0 Å². The number of pyridine rings is 1. The molecule has 2 aromatic carbocycles. The molecule has 2 aliphatic heterocycles. The molecule has 210 valence electrons. The second kappa shape index (κ2) is 10.4. The Balaban J connectivity index is 1.43. The molecule has 12 heteroatoms. The van der Waals surface area contributed by atoms with Crippen LogP contribution in [0.2, 0.25) is 0 Å². The van der Waals surface area contributed by atoms with Gasteiger partial charge in [-0.3, -0.25) is 14.7 Å². The van der Waals surface area contributed by atoms with Crippen LogP contribution < -0.4 is 20.3 Å². The van der Waals surface area contributed by atoms with Crippen LogP contribution >= 0.6 is 0 Å². The van der Waals surface area contributed by atoms with E-state index in [0.717, 1.165) is 17.2 Å². The Hall–Kier alpha value is -4.19. The van der Waals surface area contributed by atoms with Gasteiger partial charge in [-0.15, -0.1) is 0 Å². The molecule has 1 aromatic heterocycles. The molecular formula is C28H26F4N4O4. The first-order chi connectivity index (χ1) is 18.9. The first-order valence-corrected chi connectivity index (χ1v) is 12.5. The van der Waals surface area contributed by atoms with Gasteiger partial charge in [-0.05, 0) is 60.0 Å². The summed E-state index contributed by atoms with van der Waals surface area (Å²) < 4.78 is 66.0. The SMILES string of the molecule is Cc1cc(F)c(NC(=O)N(C)c2ccnc(C(F)(F)F)c2)cc1-c1ccc2c(c1)OC1(CCOCC1)CC(=O)N2. The zero-order valence-corrected chi connectivity index (χ0v) is 21.7. The van der Waals surface area contributed by atoms with Gasteiger partial charge in [0.15, 0.2) is 0 Å². The van der Waals surface area contributed by atoms with Crippen LogP contribution in [-0.2, 0) is 15.7 Å². The minimum Gasteiger partial charge on any atom is -0.484 e. The summed E-state index contributed by atoms with van der Waals surface area (Å²) >= 11 is 0. The van der Waals surface area contributed by atoms with Gasteiger partial charge in [-0.2, -0.15) is 13.2 Å². The highest BCUT2D eigenvalue weighted by atomic mass is 19.4. The van der Waals surface area contributed by atoms with E-state index in [-0.39, 0.29) is 23.7 Å². The highest BCUT2D eigenvalue weighted by molar-refractivity contribution is 6.02. The number of hydrogen-bond acceptors (Lipinski definition) is 5. The van der Waals surface area contributed by atoms with Gasteiger partial charge >= 0.3 is 12.2 Å². The first kappa shape index (κ1) is 27.4. The largest absolute Gasteiger partial charge is 0.484 e. The second-order valence-corrected chi connectivity index (χ2v) is 9.87. The molecule has 5 rings (SSSR count). The Bertz CT molecular complexity index is 1470. The van der Waals surface area contributed by atoms with E-state index >= 15 is 0 Å². The maximum absolute atomic E-state index is 14.9. The normalized spacial score (nSPS) is 16.4. The lowest BCUT2D eigenvalue weighted by molar-refractivity contribution is -0.141. The first-order valence-electron chi connectivity index (χ1n) is 12.5. The average Bonchev–Trinajstić information content (AvgIpc) is 3.03. The third-order valence-electron chi connectivity index (χ3n) is 7.06. The lowest BCUT2D eigenvalue weighted by Crippen LogP contribution is -2.43. The molecule has 8 nitrogen and oxygen atoms in total. The number of hydrogen-bond donors (Lipinski definition) is 2. The van der Waals surface area contributed by atoms with Crippen molar-refractivity contribution in [2.75, 3.05) is 35.8 Å². The van der Waals surface area contributed by atoms with Crippen molar-refractivity contribution in [2.45, 2.75) is 38.0 Å². The highest BCUT2D eigenvalue weighted by Gasteiger charge is 2.40. The molecule has 1 spiro atoms.